The third-order valence-electron chi connectivity index (χ3n) is 4.37. The van der Waals surface area contributed by atoms with Gasteiger partial charge in [-0.1, -0.05) is 0 Å². The molecule has 0 radical (unpaired) electrons. The second kappa shape index (κ2) is 7.20. The molecular weight excluding hydrogens is 391 g/mol. The molecule has 29 heavy (non-hydrogen) atoms. The maximum atomic E-state index is 13.0. The molecule has 3 aromatic heterocycles. The minimum atomic E-state index is -4.67. The molecule has 1 atom stereocenters. The smallest absolute Gasteiger partial charge is 0.433 e. The van der Waals surface area contributed by atoms with Crippen LogP contribution in [0.2, 0.25) is 0 Å². The summed E-state index contributed by atoms with van der Waals surface area (Å²) in [6.45, 7) is 1.49. The van der Waals surface area contributed by atoms with E-state index in [1.807, 2.05) is 0 Å². The summed E-state index contributed by atoms with van der Waals surface area (Å²) < 4.78 is 45.9. The van der Waals surface area contributed by atoms with Crippen molar-refractivity contribution in [3.05, 3.63) is 42.0 Å². The number of hydrogen-bond acceptors (Lipinski definition) is 7. The predicted octanol–water partition coefficient (Wildman–Crippen LogP) is 1.72. The van der Waals surface area contributed by atoms with E-state index in [1.54, 1.807) is 6.07 Å². The summed E-state index contributed by atoms with van der Waals surface area (Å²) in [7, 11) is 0. The number of aromatic nitrogens is 4. The molecule has 1 saturated heterocycles. The van der Waals surface area contributed by atoms with Gasteiger partial charge in [0.05, 0.1) is 6.20 Å². The molecule has 1 unspecified atom stereocenters. The van der Waals surface area contributed by atoms with Gasteiger partial charge in [0, 0.05) is 25.0 Å². The van der Waals surface area contributed by atoms with Crippen LogP contribution in [-0.4, -0.2) is 44.7 Å². The third kappa shape index (κ3) is 3.78. The zero-order chi connectivity index (χ0) is 20.6. The summed E-state index contributed by atoms with van der Waals surface area (Å²) in [6, 6.07) is 2.34. The number of halogens is 3. The maximum Gasteiger partial charge on any atom is 0.433 e. The molecule has 1 aliphatic heterocycles. The van der Waals surface area contributed by atoms with Crippen LogP contribution >= 0.6 is 0 Å². The van der Waals surface area contributed by atoms with Crippen LogP contribution in [0.15, 0.2) is 30.7 Å². The predicted molar refractivity (Wildman–Crippen MR) is 96.5 cm³/mol. The Hall–Kier alpha value is -3.41. The Bertz CT molecular complexity index is 1060. The van der Waals surface area contributed by atoms with Gasteiger partial charge in [-0.3, -0.25) is 9.78 Å². The number of carbonyl (C=O) groups excluding carboxylic acids is 1. The Morgan fingerprint density at radius 2 is 2.21 bits per heavy atom. The quantitative estimate of drug-likeness (QED) is 0.602. The normalized spacial score (nSPS) is 16.9. The highest BCUT2D eigenvalue weighted by Gasteiger charge is 2.34. The van der Waals surface area contributed by atoms with E-state index in [1.165, 1.54) is 12.4 Å². The van der Waals surface area contributed by atoms with Crippen LogP contribution in [0.3, 0.4) is 0 Å². The first kappa shape index (κ1) is 18.9. The average molecular weight is 407 g/mol. The fourth-order valence-electron chi connectivity index (χ4n) is 2.99. The van der Waals surface area contributed by atoms with Gasteiger partial charge < -0.3 is 21.1 Å². The SMILES string of the molecule is Nc1nn2ccc(C(F)(F)F)nc2c1C(=O)Nc1cnccc1OC1CCNC1. The van der Waals surface area contributed by atoms with Gasteiger partial charge in [-0.25, -0.2) is 9.50 Å². The van der Waals surface area contributed by atoms with Crippen LogP contribution in [0.5, 0.6) is 5.75 Å². The average Bonchev–Trinajstić information content (AvgIpc) is 3.28. The number of fused-ring (bicyclic) bond motifs is 1. The monoisotopic (exact) mass is 407 g/mol. The van der Waals surface area contributed by atoms with E-state index in [9.17, 15) is 18.0 Å². The lowest BCUT2D eigenvalue weighted by atomic mass is 10.2. The van der Waals surface area contributed by atoms with Gasteiger partial charge in [0.1, 0.15) is 28.8 Å². The molecule has 0 saturated carbocycles. The minimum absolute atomic E-state index is 0.0638. The molecule has 3 aromatic rings. The zero-order valence-electron chi connectivity index (χ0n) is 14.9. The Balaban J connectivity index is 1.65. The number of nitrogens with two attached hydrogens (primary N) is 1. The van der Waals surface area contributed by atoms with Gasteiger partial charge in [0.2, 0.25) is 0 Å². The molecule has 9 nitrogen and oxygen atoms in total. The van der Waals surface area contributed by atoms with Crippen LogP contribution < -0.4 is 21.1 Å². The molecule has 0 bridgehead atoms. The Morgan fingerprint density at radius 1 is 1.38 bits per heavy atom. The first-order valence-electron chi connectivity index (χ1n) is 8.67. The lowest BCUT2D eigenvalue weighted by Crippen LogP contribution is -2.21. The van der Waals surface area contributed by atoms with E-state index < -0.39 is 17.8 Å². The van der Waals surface area contributed by atoms with E-state index in [2.05, 4.69) is 25.7 Å². The third-order valence-corrected chi connectivity index (χ3v) is 4.37. The van der Waals surface area contributed by atoms with Crippen molar-refractivity contribution in [2.45, 2.75) is 18.7 Å². The number of amides is 1. The van der Waals surface area contributed by atoms with Crippen molar-refractivity contribution in [3.63, 3.8) is 0 Å². The van der Waals surface area contributed by atoms with Crippen LogP contribution in [0.1, 0.15) is 22.5 Å². The van der Waals surface area contributed by atoms with Gasteiger partial charge in [0.15, 0.2) is 11.5 Å². The summed E-state index contributed by atoms with van der Waals surface area (Å²) in [6.07, 6.45) is 0.00501. The molecule has 0 spiro atoms. The van der Waals surface area contributed by atoms with Gasteiger partial charge >= 0.3 is 6.18 Å². The van der Waals surface area contributed by atoms with Crippen molar-refractivity contribution in [3.8, 4) is 5.75 Å². The first-order chi connectivity index (χ1) is 13.8. The van der Waals surface area contributed by atoms with Crippen LogP contribution in [0.25, 0.3) is 5.65 Å². The van der Waals surface area contributed by atoms with Crippen molar-refractivity contribution < 1.29 is 22.7 Å². The number of nitrogens with zero attached hydrogens (tertiary/aromatic N) is 4. The fourth-order valence-corrected chi connectivity index (χ4v) is 2.99. The number of ether oxygens (including phenoxy) is 1. The van der Waals surface area contributed by atoms with Crippen molar-refractivity contribution in [2.75, 3.05) is 24.1 Å². The van der Waals surface area contributed by atoms with E-state index >= 15 is 0 Å². The number of hydrogen-bond donors (Lipinski definition) is 3. The summed E-state index contributed by atoms with van der Waals surface area (Å²) in [5.41, 5.74) is 4.30. The number of anilines is 2. The van der Waals surface area contributed by atoms with Crippen LogP contribution in [0, 0.1) is 0 Å². The van der Waals surface area contributed by atoms with E-state index in [-0.39, 0.29) is 28.8 Å². The van der Waals surface area contributed by atoms with Gasteiger partial charge in [-0.05, 0) is 19.0 Å². The summed E-state index contributed by atoms with van der Waals surface area (Å²) in [5, 5.41) is 9.59. The highest BCUT2D eigenvalue weighted by molar-refractivity contribution is 6.12. The van der Waals surface area contributed by atoms with Crippen molar-refractivity contribution in [1.82, 2.24) is 24.9 Å². The Morgan fingerprint density at radius 3 is 2.93 bits per heavy atom. The second-order valence-electron chi connectivity index (χ2n) is 6.40. The minimum Gasteiger partial charge on any atom is -0.487 e. The number of rotatable bonds is 4. The molecule has 1 aliphatic rings. The molecule has 0 aliphatic carbocycles. The molecule has 1 fully saturated rings. The van der Waals surface area contributed by atoms with Crippen molar-refractivity contribution in [1.29, 1.82) is 0 Å². The van der Waals surface area contributed by atoms with Gasteiger partial charge in [-0.15, -0.1) is 5.10 Å². The molecule has 4 heterocycles. The number of nitrogen functional groups attached to an aromatic ring is 1. The highest BCUT2D eigenvalue weighted by Crippen LogP contribution is 2.30. The van der Waals surface area contributed by atoms with E-state index in [0.717, 1.165) is 29.7 Å². The van der Waals surface area contributed by atoms with Gasteiger partial charge in [-0.2, -0.15) is 13.2 Å². The number of nitrogens with one attached hydrogen (secondary N) is 2. The van der Waals surface area contributed by atoms with Crippen molar-refractivity contribution >= 4 is 23.1 Å². The summed E-state index contributed by atoms with van der Waals surface area (Å²) >= 11 is 0. The number of alkyl halides is 3. The van der Waals surface area contributed by atoms with Crippen LogP contribution in [0.4, 0.5) is 24.7 Å². The molecule has 4 N–H and O–H groups in total. The lowest BCUT2D eigenvalue weighted by molar-refractivity contribution is -0.141. The molecule has 0 aromatic carbocycles. The summed E-state index contributed by atoms with van der Waals surface area (Å²) in [5.74, 6) is -0.631. The highest BCUT2D eigenvalue weighted by atomic mass is 19.4. The lowest BCUT2D eigenvalue weighted by Gasteiger charge is -2.16. The largest absolute Gasteiger partial charge is 0.487 e. The van der Waals surface area contributed by atoms with E-state index in [4.69, 9.17) is 10.5 Å². The Labute approximate surface area is 162 Å². The second-order valence-corrected chi connectivity index (χ2v) is 6.40. The topological polar surface area (TPSA) is 119 Å². The number of pyridine rings is 1. The molecule has 1 amide bonds. The molecule has 152 valence electrons. The number of carbonyl (C=O) groups is 1. The standard InChI is InChI=1S/C17H16F3N7O2/c18-17(19,20)12-3-6-27-15(25-12)13(14(21)26-27)16(28)24-10-8-23-5-2-11(10)29-9-1-4-22-7-9/h2-3,5-6,8-9,22H,1,4,7H2,(H2,21,26)(H,24,28). The fraction of sp³-hybridized carbons (Fsp3) is 0.294. The van der Waals surface area contributed by atoms with E-state index in [0.29, 0.717) is 12.3 Å². The van der Waals surface area contributed by atoms with Gasteiger partial charge in [0.25, 0.3) is 5.91 Å². The molecule has 12 heteroatoms. The zero-order valence-corrected chi connectivity index (χ0v) is 14.9. The Kier molecular flexibility index (Phi) is 4.70. The first-order valence-corrected chi connectivity index (χ1v) is 8.67. The van der Waals surface area contributed by atoms with Crippen LogP contribution in [-0.2, 0) is 6.18 Å². The maximum absolute atomic E-state index is 13.0. The van der Waals surface area contributed by atoms with Crippen molar-refractivity contribution in [2.24, 2.45) is 0 Å². The molecule has 4 rings (SSSR count). The molecular formula is C17H16F3N7O2. The summed E-state index contributed by atoms with van der Waals surface area (Å²) in [4.78, 5) is 20.3.